The van der Waals surface area contributed by atoms with Gasteiger partial charge in [0.15, 0.2) is 0 Å². The number of rotatable bonds is 5. The van der Waals surface area contributed by atoms with E-state index in [1.807, 2.05) is 42.1 Å². The minimum atomic E-state index is -0.114. The highest BCUT2D eigenvalue weighted by atomic mass is 32.2. The van der Waals surface area contributed by atoms with Crippen molar-refractivity contribution in [3.8, 4) is 0 Å². The second-order valence-electron chi connectivity index (χ2n) is 3.24. The lowest BCUT2D eigenvalue weighted by Crippen LogP contribution is -2.11. The average molecular weight is 240 g/mol. The molecule has 1 atom stereocenters. The third-order valence-electron chi connectivity index (χ3n) is 1.93. The molecule has 1 fully saturated rings. The maximum absolute atomic E-state index is 11.3. The van der Waals surface area contributed by atoms with Crippen LogP contribution < -0.4 is 0 Å². The molecular weight excluding hydrogens is 228 g/mol. The molecule has 1 saturated heterocycles. The number of carbonyl (C=O) groups is 1. The van der Waals surface area contributed by atoms with Crippen molar-refractivity contribution in [3.05, 3.63) is 30.3 Å². The Bertz CT molecular complexity index is 323. The van der Waals surface area contributed by atoms with E-state index in [0.29, 0.717) is 17.6 Å². The molecule has 1 heterocycles. The van der Waals surface area contributed by atoms with Gasteiger partial charge >= 0.3 is 5.97 Å². The van der Waals surface area contributed by atoms with E-state index in [1.54, 1.807) is 0 Å². The molecule has 15 heavy (non-hydrogen) atoms. The van der Waals surface area contributed by atoms with E-state index < -0.39 is 0 Å². The molecular formula is C11H12O2S2. The van der Waals surface area contributed by atoms with E-state index in [1.165, 1.54) is 11.8 Å². The Labute approximate surface area is 97.8 Å². The van der Waals surface area contributed by atoms with E-state index in [9.17, 15) is 4.79 Å². The molecule has 2 rings (SSSR count). The predicted molar refractivity (Wildman–Crippen MR) is 64.4 cm³/mol. The van der Waals surface area contributed by atoms with Gasteiger partial charge in [0.25, 0.3) is 0 Å². The number of hydrogen-bond donors (Lipinski definition) is 0. The van der Waals surface area contributed by atoms with Gasteiger partial charge in [-0.05, 0) is 12.1 Å². The van der Waals surface area contributed by atoms with Crippen LogP contribution in [0.15, 0.2) is 35.2 Å². The van der Waals surface area contributed by atoms with Gasteiger partial charge in [-0.1, -0.05) is 18.2 Å². The van der Waals surface area contributed by atoms with Crippen molar-refractivity contribution < 1.29 is 9.53 Å². The third kappa shape index (κ3) is 4.18. The monoisotopic (exact) mass is 240 g/mol. The van der Waals surface area contributed by atoms with E-state index >= 15 is 0 Å². The number of hydrogen-bond acceptors (Lipinski definition) is 4. The summed E-state index contributed by atoms with van der Waals surface area (Å²) < 4.78 is 5.11. The summed E-state index contributed by atoms with van der Waals surface area (Å²) in [5, 5.41) is 0.565. The first-order chi connectivity index (χ1) is 7.34. The van der Waals surface area contributed by atoms with Gasteiger partial charge in [-0.2, -0.15) is 11.8 Å². The van der Waals surface area contributed by atoms with Crippen LogP contribution in [0.5, 0.6) is 0 Å². The summed E-state index contributed by atoms with van der Waals surface area (Å²) in [6, 6.07) is 9.89. The summed E-state index contributed by atoms with van der Waals surface area (Å²) in [6.07, 6.45) is 0. The average Bonchev–Trinajstić information content (AvgIpc) is 3.09. The maximum atomic E-state index is 11.3. The zero-order chi connectivity index (χ0) is 10.5. The van der Waals surface area contributed by atoms with Crippen LogP contribution in [0.3, 0.4) is 0 Å². The molecule has 0 N–H and O–H groups in total. The molecule has 0 radical (unpaired) electrons. The van der Waals surface area contributed by atoms with Crippen molar-refractivity contribution in [1.29, 1.82) is 0 Å². The number of ether oxygens (including phenoxy) is 1. The quantitative estimate of drug-likeness (QED) is 0.448. The Morgan fingerprint density at radius 2 is 2.20 bits per heavy atom. The third-order valence-corrected chi connectivity index (χ3v) is 3.86. The summed E-state index contributed by atoms with van der Waals surface area (Å²) >= 11 is 3.36. The van der Waals surface area contributed by atoms with Crippen LogP contribution in [-0.2, 0) is 9.53 Å². The maximum Gasteiger partial charge on any atom is 0.316 e. The summed E-state index contributed by atoms with van der Waals surface area (Å²) in [6.45, 7) is 0.582. The standard InChI is InChI=1S/C11H12O2S2/c12-11(13-6-10-7-14-10)8-15-9-4-2-1-3-5-9/h1-5,10H,6-8H2/t10-/m0/s1. The minimum Gasteiger partial charge on any atom is -0.464 e. The van der Waals surface area contributed by atoms with Crippen molar-refractivity contribution >= 4 is 29.5 Å². The number of carbonyl (C=O) groups excluding carboxylic acids is 1. The Hall–Kier alpha value is -0.610. The zero-order valence-corrected chi connectivity index (χ0v) is 9.85. The largest absolute Gasteiger partial charge is 0.464 e. The summed E-state index contributed by atoms with van der Waals surface area (Å²) in [5.41, 5.74) is 0. The molecule has 2 nitrogen and oxygen atoms in total. The first-order valence-electron chi connectivity index (χ1n) is 4.79. The molecule has 0 aromatic heterocycles. The van der Waals surface area contributed by atoms with Crippen LogP contribution in [0, 0.1) is 0 Å². The molecule has 1 aliphatic rings. The van der Waals surface area contributed by atoms with Gasteiger partial charge in [0.1, 0.15) is 6.61 Å². The van der Waals surface area contributed by atoms with Gasteiger partial charge < -0.3 is 4.74 Å². The Morgan fingerprint density at radius 3 is 2.87 bits per heavy atom. The molecule has 1 aliphatic heterocycles. The van der Waals surface area contributed by atoms with E-state index in [0.717, 1.165) is 10.6 Å². The molecule has 1 aromatic rings. The van der Waals surface area contributed by atoms with E-state index in [-0.39, 0.29) is 5.97 Å². The first-order valence-corrected chi connectivity index (χ1v) is 6.83. The number of thioether (sulfide) groups is 2. The first kappa shape index (κ1) is 10.9. The fourth-order valence-electron chi connectivity index (χ4n) is 1.05. The summed E-state index contributed by atoms with van der Waals surface area (Å²) in [7, 11) is 0. The summed E-state index contributed by atoms with van der Waals surface area (Å²) in [5.74, 6) is 1.43. The van der Waals surface area contributed by atoms with Crippen LogP contribution in [0.1, 0.15) is 0 Å². The van der Waals surface area contributed by atoms with Crippen LogP contribution in [0.4, 0.5) is 0 Å². The Balaban J connectivity index is 1.66. The number of benzene rings is 1. The van der Waals surface area contributed by atoms with Gasteiger partial charge in [-0.3, -0.25) is 4.79 Å². The highest BCUT2D eigenvalue weighted by Crippen LogP contribution is 2.30. The predicted octanol–water partition coefficient (Wildman–Crippen LogP) is 2.44. The zero-order valence-electron chi connectivity index (χ0n) is 8.22. The van der Waals surface area contributed by atoms with Gasteiger partial charge in [0.05, 0.1) is 5.75 Å². The number of esters is 1. The molecule has 4 heteroatoms. The molecule has 0 bridgehead atoms. The van der Waals surface area contributed by atoms with E-state index in [2.05, 4.69) is 0 Å². The molecule has 0 aliphatic carbocycles. The van der Waals surface area contributed by atoms with Gasteiger partial charge in [0, 0.05) is 15.9 Å². The SMILES string of the molecule is O=C(CSc1ccccc1)OC[C@H]1CS1. The van der Waals surface area contributed by atoms with Gasteiger partial charge in [-0.15, -0.1) is 11.8 Å². The van der Waals surface area contributed by atoms with Gasteiger partial charge in [0.2, 0.25) is 0 Å². The van der Waals surface area contributed by atoms with Crippen molar-refractivity contribution in [2.45, 2.75) is 10.1 Å². The van der Waals surface area contributed by atoms with Crippen LogP contribution in [-0.4, -0.2) is 29.3 Å². The molecule has 0 spiro atoms. The molecule has 0 amide bonds. The highest BCUT2D eigenvalue weighted by molar-refractivity contribution is 8.06. The topological polar surface area (TPSA) is 26.3 Å². The van der Waals surface area contributed by atoms with Crippen molar-refractivity contribution in [2.75, 3.05) is 18.1 Å². The van der Waals surface area contributed by atoms with Crippen LogP contribution in [0.2, 0.25) is 0 Å². The summed E-state index contributed by atoms with van der Waals surface area (Å²) in [4.78, 5) is 12.4. The fraction of sp³-hybridized carbons (Fsp3) is 0.364. The molecule has 0 unspecified atom stereocenters. The molecule has 80 valence electrons. The minimum absolute atomic E-state index is 0.114. The lowest BCUT2D eigenvalue weighted by molar-refractivity contribution is -0.140. The Kier molecular flexibility index (Phi) is 3.97. The Morgan fingerprint density at radius 1 is 1.47 bits per heavy atom. The fourth-order valence-corrected chi connectivity index (χ4v) is 2.16. The second-order valence-corrected chi connectivity index (χ2v) is 5.62. The second kappa shape index (κ2) is 5.47. The smallest absolute Gasteiger partial charge is 0.316 e. The van der Waals surface area contributed by atoms with Crippen molar-refractivity contribution in [2.24, 2.45) is 0 Å². The van der Waals surface area contributed by atoms with Gasteiger partial charge in [-0.25, -0.2) is 0 Å². The normalized spacial score (nSPS) is 18.5. The molecule has 0 saturated carbocycles. The van der Waals surface area contributed by atoms with Crippen LogP contribution in [0.25, 0.3) is 0 Å². The lowest BCUT2D eigenvalue weighted by Gasteiger charge is -2.02. The van der Waals surface area contributed by atoms with Crippen molar-refractivity contribution in [3.63, 3.8) is 0 Å². The highest BCUT2D eigenvalue weighted by Gasteiger charge is 2.23. The van der Waals surface area contributed by atoms with Crippen LogP contribution >= 0.6 is 23.5 Å². The van der Waals surface area contributed by atoms with Crippen molar-refractivity contribution in [1.82, 2.24) is 0 Å². The molecule has 1 aromatic carbocycles. The van der Waals surface area contributed by atoms with E-state index in [4.69, 9.17) is 4.74 Å². The lowest BCUT2D eigenvalue weighted by atomic mass is 10.4.